The number of carbonyl (C=O) groups excluding carboxylic acids is 1. The standard InChI is InChI=1S/C28H28FN5OS/c1-28(24-15-21(17-36-24)20-7-5-6-18(14-20)16-30)25(26(35)33(2)27(31)32-28)19-10-12-34(13-11-19)23-9-4-3-8-22(23)29/h3-9,14-15,17,19,25H,10-13H2,1-2H3,(H2,31,32). The van der Waals surface area contributed by atoms with Crippen LogP contribution in [-0.2, 0) is 10.3 Å². The molecule has 2 N–H and O–H groups in total. The Morgan fingerprint density at radius 2 is 1.89 bits per heavy atom. The number of hydrogen-bond acceptors (Lipinski definition) is 6. The number of halogens is 1. The fourth-order valence-corrected chi connectivity index (χ4v) is 6.58. The number of carbonyl (C=O) groups is 1. The van der Waals surface area contributed by atoms with E-state index >= 15 is 0 Å². The fraction of sp³-hybridized carbons (Fsp3) is 0.321. The summed E-state index contributed by atoms with van der Waals surface area (Å²) in [6.45, 7) is 3.34. The SMILES string of the molecule is CN1C(=O)C(C2CCN(c3ccccc3F)CC2)C(C)(c2cc(-c3cccc(C#N)c3)cs2)N=C1N. The van der Waals surface area contributed by atoms with E-state index in [1.54, 1.807) is 36.6 Å². The number of benzene rings is 2. The number of nitrogens with two attached hydrogens (primary N) is 1. The Bertz CT molecular complexity index is 1370. The van der Waals surface area contributed by atoms with Crippen LogP contribution < -0.4 is 10.6 Å². The van der Waals surface area contributed by atoms with E-state index in [1.807, 2.05) is 36.6 Å². The summed E-state index contributed by atoms with van der Waals surface area (Å²) in [4.78, 5) is 23.0. The number of hydrogen-bond donors (Lipinski definition) is 1. The summed E-state index contributed by atoms with van der Waals surface area (Å²) in [7, 11) is 1.68. The molecule has 184 valence electrons. The van der Waals surface area contributed by atoms with Crippen molar-refractivity contribution in [2.24, 2.45) is 22.6 Å². The summed E-state index contributed by atoms with van der Waals surface area (Å²) < 4.78 is 14.4. The molecule has 3 aromatic rings. The second kappa shape index (κ2) is 9.40. The Morgan fingerprint density at radius 3 is 2.61 bits per heavy atom. The van der Waals surface area contributed by atoms with E-state index in [2.05, 4.69) is 17.0 Å². The van der Waals surface area contributed by atoms with Crippen LogP contribution in [0, 0.1) is 29.0 Å². The van der Waals surface area contributed by atoms with Crippen LogP contribution in [0.1, 0.15) is 30.2 Å². The van der Waals surface area contributed by atoms with E-state index in [0.29, 0.717) is 24.3 Å². The van der Waals surface area contributed by atoms with Crippen molar-refractivity contribution >= 4 is 28.9 Å². The summed E-state index contributed by atoms with van der Waals surface area (Å²) in [5.41, 5.74) is 8.55. The number of aliphatic imine (C=N–C) groups is 1. The maximum Gasteiger partial charge on any atom is 0.235 e. The topological polar surface area (TPSA) is 85.7 Å². The van der Waals surface area contributed by atoms with E-state index in [4.69, 9.17) is 10.7 Å². The predicted octanol–water partition coefficient (Wildman–Crippen LogP) is 4.96. The number of thiophene rings is 1. The number of anilines is 1. The monoisotopic (exact) mass is 501 g/mol. The lowest BCUT2D eigenvalue weighted by molar-refractivity contribution is -0.136. The zero-order valence-electron chi connectivity index (χ0n) is 20.3. The zero-order chi connectivity index (χ0) is 25.4. The van der Waals surface area contributed by atoms with Crippen LogP contribution in [0.25, 0.3) is 11.1 Å². The van der Waals surface area contributed by atoms with Crippen molar-refractivity contribution in [3.63, 3.8) is 0 Å². The predicted molar refractivity (Wildman–Crippen MR) is 141 cm³/mol. The molecule has 1 aromatic heterocycles. The highest BCUT2D eigenvalue weighted by atomic mass is 32.1. The van der Waals surface area contributed by atoms with Crippen molar-refractivity contribution in [1.29, 1.82) is 5.26 Å². The summed E-state index contributed by atoms with van der Waals surface area (Å²) in [6.07, 6.45) is 1.51. The first-order chi connectivity index (χ1) is 17.3. The molecule has 6 nitrogen and oxygen atoms in total. The zero-order valence-corrected chi connectivity index (χ0v) is 21.1. The minimum absolute atomic E-state index is 0.0317. The van der Waals surface area contributed by atoms with E-state index in [0.717, 1.165) is 28.8 Å². The second-order valence-corrected chi connectivity index (χ2v) is 10.6. The number of rotatable bonds is 4. The number of para-hydroxylation sites is 1. The molecule has 2 aliphatic heterocycles. The molecule has 5 rings (SSSR count). The molecule has 2 unspecified atom stereocenters. The van der Waals surface area contributed by atoms with Crippen LogP contribution in [0.4, 0.5) is 10.1 Å². The Labute approximate surface area is 214 Å². The second-order valence-electron chi connectivity index (χ2n) is 9.66. The largest absolute Gasteiger partial charge is 0.369 e. The third-order valence-corrected chi connectivity index (χ3v) is 8.68. The van der Waals surface area contributed by atoms with E-state index in [9.17, 15) is 14.4 Å². The first kappa shape index (κ1) is 24.0. The summed E-state index contributed by atoms with van der Waals surface area (Å²) >= 11 is 1.56. The Kier molecular flexibility index (Phi) is 6.27. The van der Waals surface area contributed by atoms with Gasteiger partial charge in [-0.05, 0) is 72.5 Å². The summed E-state index contributed by atoms with van der Waals surface area (Å²) in [5, 5.41) is 11.3. The normalized spacial score (nSPS) is 22.9. The van der Waals surface area contributed by atoms with Gasteiger partial charge in [0.05, 0.1) is 23.2 Å². The van der Waals surface area contributed by atoms with Gasteiger partial charge in [-0.3, -0.25) is 9.69 Å². The molecular weight excluding hydrogens is 473 g/mol. The van der Waals surface area contributed by atoms with Gasteiger partial charge in [-0.1, -0.05) is 24.3 Å². The maximum absolute atomic E-state index is 14.4. The smallest absolute Gasteiger partial charge is 0.235 e. The molecule has 0 bridgehead atoms. The average Bonchev–Trinajstić information content (AvgIpc) is 3.40. The van der Waals surface area contributed by atoms with Gasteiger partial charge in [-0.2, -0.15) is 5.26 Å². The minimum atomic E-state index is -0.811. The molecule has 0 spiro atoms. The van der Waals surface area contributed by atoms with Gasteiger partial charge in [0.15, 0.2) is 5.96 Å². The summed E-state index contributed by atoms with van der Waals surface area (Å²) in [6, 6.07) is 18.6. The average molecular weight is 502 g/mol. The van der Waals surface area contributed by atoms with Gasteiger partial charge in [0.1, 0.15) is 11.4 Å². The molecule has 0 aliphatic carbocycles. The summed E-state index contributed by atoms with van der Waals surface area (Å²) in [5.74, 6) is -0.343. The van der Waals surface area contributed by atoms with Gasteiger partial charge < -0.3 is 10.6 Å². The highest BCUT2D eigenvalue weighted by Gasteiger charge is 2.51. The lowest BCUT2D eigenvalue weighted by Crippen LogP contribution is -2.56. The number of amides is 1. The highest BCUT2D eigenvalue weighted by molar-refractivity contribution is 7.10. The van der Waals surface area contributed by atoms with Gasteiger partial charge in [0.2, 0.25) is 5.91 Å². The third kappa shape index (κ3) is 4.14. The highest BCUT2D eigenvalue weighted by Crippen LogP contribution is 2.47. The van der Waals surface area contributed by atoms with Crippen LogP contribution >= 0.6 is 11.3 Å². The lowest BCUT2D eigenvalue weighted by atomic mass is 9.70. The molecule has 3 heterocycles. The van der Waals surface area contributed by atoms with Crippen molar-refractivity contribution in [3.8, 4) is 17.2 Å². The van der Waals surface area contributed by atoms with E-state index in [-0.39, 0.29) is 29.5 Å². The Balaban J connectivity index is 1.46. The minimum Gasteiger partial charge on any atom is -0.369 e. The number of nitriles is 1. The van der Waals surface area contributed by atoms with Crippen molar-refractivity contribution in [2.75, 3.05) is 25.0 Å². The van der Waals surface area contributed by atoms with Crippen molar-refractivity contribution in [1.82, 2.24) is 4.90 Å². The van der Waals surface area contributed by atoms with Gasteiger partial charge in [-0.15, -0.1) is 11.3 Å². The van der Waals surface area contributed by atoms with E-state index < -0.39 is 5.54 Å². The molecule has 8 heteroatoms. The first-order valence-corrected chi connectivity index (χ1v) is 12.9. The van der Waals surface area contributed by atoms with Crippen LogP contribution in [0.5, 0.6) is 0 Å². The van der Waals surface area contributed by atoms with Crippen LogP contribution in [0.15, 0.2) is 65.0 Å². The van der Waals surface area contributed by atoms with Crippen LogP contribution in [-0.4, -0.2) is 36.9 Å². The molecule has 1 saturated heterocycles. The molecule has 2 atom stereocenters. The molecule has 0 saturated carbocycles. The number of guanidine groups is 1. The lowest BCUT2D eigenvalue weighted by Gasteiger charge is -2.46. The quantitative estimate of drug-likeness (QED) is 0.548. The van der Waals surface area contributed by atoms with Gasteiger partial charge >= 0.3 is 0 Å². The molecule has 1 fully saturated rings. The first-order valence-electron chi connectivity index (χ1n) is 12.0. The fourth-order valence-electron chi connectivity index (χ4n) is 5.52. The molecule has 2 aliphatic rings. The van der Waals surface area contributed by atoms with Gasteiger partial charge in [-0.25, -0.2) is 9.38 Å². The van der Waals surface area contributed by atoms with Gasteiger partial charge in [0.25, 0.3) is 0 Å². The third-order valence-electron chi connectivity index (χ3n) is 7.52. The number of piperidine rings is 1. The number of nitrogens with zero attached hydrogens (tertiary/aromatic N) is 4. The Morgan fingerprint density at radius 1 is 1.14 bits per heavy atom. The van der Waals surface area contributed by atoms with Crippen LogP contribution in [0.2, 0.25) is 0 Å². The van der Waals surface area contributed by atoms with Crippen molar-refractivity contribution in [2.45, 2.75) is 25.3 Å². The molecule has 36 heavy (non-hydrogen) atoms. The molecule has 0 radical (unpaired) electrons. The molecular formula is C28H28FN5OS. The van der Waals surface area contributed by atoms with Gasteiger partial charge in [0, 0.05) is 25.0 Å². The molecule has 2 aromatic carbocycles. The van der Waals surface area contributed by atoms with Crippen LogP contribution in [0.3, 0.4) is 0 Å². The maximum atomic E-state index is 14.4. The van der Waals surface area contributed by atoms with Crippen molar-refractivity contribution in [3.05, 3.63) is 76.2 Å². The molecule has 1 amide bonds. The Hall–Kier alpha value is -3.70. The van der Waals surface area contributed by atoms with E-state index in [1.165, 1.54) is 11.0 Å². The van der Waals surface area contributed by atoms with Crippen molar-refractivity contribution < 1.29 is 9.18 Å².